The van der Waals surface area contributed by atoms with Crippen LogP contribution in [0.4, 0.5) is 10.8 Å². The van der Waals surface area contributed by atoms with Crippen LogP contribution in [0.2, 0.25) is 0 Å². The van der Waals surface area contributed by atoms with Crippen LogP contribution in [-0.2, 0) is 4.74 Å². The maximum Gasteiger partial charge on any atom is 0.358 e. The second kappa shape index (κ2) is 6.45. The summed E-state index contributed by atoms with van der Waals surface area (Å²) in [6.45, 7) is 5.19. The van der Waals surface area contributed by atoms with Crippen molar-refractivity contribution in [2.45, 2.75) is 20.8 Å². The number of carbonyl (C=O) groups is 2. The molecule has 0 aliphatic carbocycles. The highest BCUT2D eigenvalue weighted by Crippen LogP contribution is 2.27. The lowest BCUT2D eigenvalue weighted by Crippen LogP contribution is -2.09. The van der Waals surface area contributed by atoms with E-state index in [-0.39, 0.29) is 23.0 Å². The van der Waals surface area contributed by atoms with Crippen molar-refractivity contribution in [2.24, 2.45) is 0 Å². The summed E-state index contributed by atoms with van der Waals surface area (Å²) < 4.78 is 4.92. The minimum absolute atomic E-state index is 0.0541. The Morgan fingerprint density at radius 2 is 2.19 bits per heavy atom. The third kappa shape index (κ3) is 3.43. The van der Waals surface area contributed by atoms with Gasteiger partial charge in [-0.3, -0.25) is 9.78 Å². The van der Waals surface area contributed by atoms with E-state index < -0.39 is 5.97 Å². The lowest BCUT2D eigenvalue weighted by Gasteiger charge is -2.04. The molecule has 0 radical (unpaired) electrons. The number of Topliss-reactive ketones (excluding diaryl/α,β-unsaturated/α-hetero) is 1. The van der Waals surface area contributed by atoms with Crippen LogP contribution in [0, 0.1) is 6.92 Å². The first-order valence-corrected chi connectivity index (χ1v) is 7.22. The average molecular weight is 305 g/mol. The molecule has 0 aliphatic rings. The van der Waals surface area contributed by atoms with Gasteiger partial charge in [-0.1, -0.05) is 11.3 Å². The zero-order valence-corrected chi connectivity index (χ0v) is 12.8. The van der Waals surface area contributed by atoms with Gasteiger partial charge in [0.05, 0.1) is 18.0 Å². The van der Waals surface area contributed by atoms with Crippen molar-refractivity contribution in [2.75, 3.05) is 11.9 Å². The van der Waals surface area contributed by atoms with Crippen molar-refractivity contribution in [3.63, 3.8) is 0 Å². The summed E-state index contributed by atoms with van der Waals surface area (Å²) in [5, 5.41) is 3.53. The summed E-state index contributed by atoms with van der Waals surface area (Å²) in [6, 6.07) is 3.64. The van der Waals surface area contributed by atoms with Crippen LogP contribution in [0.5, 0.6) is 0 Å². The molecule has 0 spiro atoms. The topological polar surface area (TPSA) is 81.2 Å². The Kier molecular flexibility index (Phi) is 4.64. The monoisotopic (exact) mass is 305 g/mol. The maximum atomic E-state index is 11.8. The molecule has 0 unspecified atom stereocenters. The molecule has 2 aromatic rings. The number of pyridine rings is 1. The summed E-state index contributed by atoms with van der Waals surface area (Å²) in [5.74, 6) is -0.804. The highest BCUT2D eigenvalue weighted by atomic mass is 32.1. The van der Waals surface area contributed by atoms with Crippen LogP contribution in [0.1, 0.15) is 39.7 Å². The molecule has 7 heteroatoms. The third-order valence-electron chi connectivity index (χ3n) is 2.66. The molecule has 0 amide bonds. The Morgan fingerprint density at radius 3 is 2.81 bits per heavy atom. The van der Waals surface area contributed by atoms with Gasteiger partial charge in [0, 0.05) is 13.1 Å². The smallest absolute Gasteiger partial charge is 0.358 e. The third-order valence-corrected chi connectivity index (χ3v) is 3.74. The summed E-state index contributed by atoms with van der Waals surface area (Å²) in [4.78, 5) is 32.1. The Labute approximate surface area is 126 Å². The minimum atomic E-state index is -0.588. The fourth-order valence-corrected chi connectivity index (χ4v) is 2.54. The van der Waals surface area contributed by atoms with Crippen molar-refractivity contribution >= 4 is 33.9 Å². The van der Waals surface area contributed by atoms with Gasteiger partial charge in [0.15, 0.2) is 16.6 Å². The number of nitrogens with zero attached hydrogens (tertiary/aromatic N) is 2. The molecule has 1 N–H and O–H groups in total. The number of aromatic nitrogens is 2. The molecule has 2 rings (SSSR count). The van der Waals surface area contributed by atoms with E-state index in [1.807, 2.05) is 13.0 Å². The van der Waals surface area contributed by atoms with E-state index in [0.29, 0.717) is 5.13 Å². The number of rotatable bonds is 5. The zero-order chi connectivity index (χ0) is 15.4. The number of esters is 1. The molecular formula is C14H15N3O3S. The van der Waals surface area contributed by atoms with Gasteiger partial charge in [0.25, 0.3) is 0 Å². The van der Waals surface area contributed by atoms with E-state index in [4.69, 9.17) is 4.74 Å². The Hall–Kier alpha value is -2.28. The molecule has 2 heterocycles. The molecule has 0 fully saturated rings. The van der Waals surface area contributed by atoms with Gasteiger partial charge in [-0.2, -0.15) is 0 Å². The van der Waals surface area contributed by atoms with Crippen LogP contribution in [0.15, 0.2) is 18.3 Å². The van der Waals surface area contributed by atoms with Crippen LogP contribution in [0.3, 0.4) is 0 Å². The molecule has 0 aliphatic heterocycles. The number of nitrogens with one attached hydrogen (secondary N) is 1. The predicted octanol–water partition coefficient (Wildman–Crippen LogP) is 2.97. The highest BCUT2D eigenvalue weighted by Gasteiger charge is 2.22. The number of hydrogen-bond acceptors (Lipinski definition) is 7. The number of ketones is 1. The van der Waals surface area contributed by atoms with E-state index in [1.54, 1.807) is 19.2 Å². The standard InChI is InChI=1S/C14H15N3O3S/c1-4-20-13(19)11-12(9(3)18)21-14(17-11)16-10-6-5-7-15-8(10)2/h5-7H,4H2,1-3H3,(H,16,17). The molecule has 21 heavy (non-hydrogen) atoms. The minimum Gasteiger partial charge on any atom is -0.461 e. The molecule has 0 saturated heterocycles. The summed E-state index contributed by atoms with van der Waals surface area (Å²) >= 11 is 1.12. The van der Waals surface area contributed by atoms with Gasteiger partial charge in [-0.25, -0.2) is 9.78 Å². The van der Waals surface area contributed by atoms with Gasteiger partial charge < -0.3 is 10.1 Å². The van der Waals surface area contributed by atoms with E-state index in [9.17, 15) is 9.59 Å². The number of anilines is 2. The van der Waals surface area contributed by atoms with E-state index >= 15 is 0 Å². The van der Waals surface area contributed by atoms with E-state index in [0.717, 1.165) is 22.7 Å². The molecule has 6 nitrogen and oxygen atoms in total. The van der Waals surface area contributed by atoms with Crippen molar-refractivity contribution in [3.05, 3.63) is 34.6 Å². The largest absolute Gasteiger partial charge is 0.461 e. The molecule has 2 aromatic heterocycles. The van der Waals surface area contributed by atoms with Crippen LogP contribution in [0.25, 0.3) is 0 Å². The molecular weight excluding hydrogens is 290 g/mol. The number of hydrogen-bond donors (Lipinski definition) is 1. The highest BCUT2D eigenvalue weighted by molar-refractivity contribution is 7.17. The fraction of sp³-hybridized carbons (Fsp3) is 0.286. The summed E-state index contributed by atoms with van der Waals surface area (Å²) in [6.07, 6.45) is 1.69. The maximum absolute atomic E-state index is 11.8. The molecule has 0 aromatic carbocycles. The van der Waals surface area contributed by atoms with Crippen molar-refractivity contribution in [1.29, 1.82) is 0 Å². The molecule has 0 atom stereocenters. The summed E-state index contributed by atoms with van der Waals surface area (Å²) in [7, 11) is 0. The predicted molar refractivity (Wildman–Crippen MR) is 80.3 cm³/mol. The first-order valence-electron chi connectivity index (χ1n) is 6.40. The molecule has 110 valence electrons. The van der Waals surface area contributed by atoms with Crippen molar-refractivity contribution < 1.29 is 14.3 Å². The average Bonchev–Trinajstić information content (AvgIpc) is 2.86. The lowest BCUT2D eigenvalue weighted by atomic mass is 10.3. The number of carbonyl (C=O) groups excluding carboxylic acids is 2. The summed E-state index contributed by atoms with van der Waals surface area (Å²) in [5.41, 5.74) is 1.63. The van der Waals surface area contributed by atoms with Gasteiger partial charge in [0.2, 0.25) is 0 Å². The number of thiazole rings is 1. The lowest BCUT2D eigenvalue weighted by molar-refractivity contribution is 0.0517. The van der Waals surface area contributed by atoms with E-state index in [2.05, 4.69) is 15.3 Å². The van der Waals surface area contributed by atoms with Crippen LogP contribution >= 0.6 is 11.3 Å². The Morgan fingerprint density at radius 1 is 1.43 bits per heavy atom. The van der Waals surface area contributed by atoms with Crippen LogP contribution < -0.4 is 5.32 Å². The second-order valence-electron chi connectivity index (χ2n) is 4.23. The Balaban J connectivity index is 2.34. The van der Waals surface area contributed by atoms with Gasteiger partial charge in [0.1, 0.15) is 4.88 Å². The van der Waals surface area contributed by atoms with Crippen LogP contribution in [-0.4, -0.2) is 28.3 Å². The normalized spacial score (nSPS) is 10.2. The first-order chi connectivity index (χ1) is 10.0. The second-order valence-corrected chi connectivity index (χ2v) is 5.23. The van der Waals surface area contributed by atoms with Crippen molar-refractivity contribution in [1.82, 2.24) is 9.97 Å². The molecule has 0 saturated carbocycles. The molecule has 0 bridgehead atoms. The first kappa shape index (κ1) is 15.1. The van der Waals surface area contributed by atoms with Gasteiger partial charge in [-0.15, -0.1) is 0 Å². The number of aryl methyl sites for hydroxylation is 1. The van der Waals surface area contributed by atoms with Gasteiger partial charge in [-0.05, 0) is 26.0 Å². The SMILES string of the molecule is CCOC(=O)c1nc(Nc2cccnc2C)sc1C(C)=O. The van der Waals surface area contributed by atoms with Gasteiger partial charge >= 0.3 is 5.97 Å². The van der Waals surface area contributed by atoms with Crippen molar-refractivity contribution in [3.8, 4) is 0 Å². The van der Waals surface area contributed by atoms with E-state index in [1.165, 1.54) is 6.92 Å². The fourth-order valence-electron chi connectivity index (χ4n) is 1.68. The number of ether oxygens (including phenoxy) is 1. The Bertz CT molecular complexity index is 682. The quantitative estimate of drug-likeness (QED) is 0.675. The zero-order valence-electron chi connectivity index (χ0n) is 12.0.